The quantitative estimate of drug-likeness (QED) is 0.863. The Hall–Kier alpha value is -1.42. The number of nitrogen functional groups attached to an aromatic ring is 1. The van der Waals surface area contributed by atoms with Gasteiger partial charge in [0, 0.05) is 13.1 Å². The van der Waals surface area contributed by atoms with E-state index in [0.29, 0.717) is 5.69 Å². The second-order valence-electron chi connectivity index (χ2n) is 6.42. The first kappa shape index (κ1) is 15.0. The third-order valence-corrected chi connectivity index (χ3v) is 3.32. The van der Waals surface area contributed by atoms with E-state index in [1.54, 1.807) is 0 Å². The highest BCUT2D eigenvalue weighted by Crippen LogP contribution is 2.35. The third kappa shape index (κ3) is 3.37. The maximum Gasteiger partial charge on any atom is 0.144 e. The van der Waals surface area contributed by atoms with Crippen molar-refractivity contribution in [3.8, 4) is 5.75 Å². The zero-order valence-corrected chi connectivity index (χ0v) is 13.1. The van der Waals surface area contributed by atoms with Crippen LogP contribution in [0.3, 0.4) is 0 Å². The average molecular weight is 278 g/mol. The zero-order chi connectivity index (χ0) is 14.9. The van der Waals surface area contributed by atoms with Crippen LogP contribution in [-0.2, 0) is 4.74 Å². The molecular weight excluding hydrogens is 252 g/mol. The molecule has 2 rings (SSSR count). The summed E-state index contributed by atoms with van der Waals surface area (Å²) in [5.74, 6) is 0.759. The lowest BCUT2D eigenvalue weighted by molar-refractivity contribution is -0.0749. The van der Waals surface area contributed by atoms with Gasteiger partial charge in [0.1, 0.15) is 5.75 Å². The maximum absolute atomic E-state index is 6.29. The molecule has 1 heterocycles. The van der Waals surface area contributed by atoms with Gasteiger partial charge in [-0.05, 0) is 46.8 Å². The van der Waals surface area contributed by atoms with Crippen molar-refractivity contribution in [3.63, 3.8) is 0 Å². The summed E-state index contributed by atoms with van der Waals surface area (Å²) in [5, 5.41) is 0. The molecule has 1 saturated heterocycles. The summed E-state index contributed by atoms with van der Waals surface area (Å²) in [6, 6.07) is 5.97. The zero-order valence-electron chi connectivity index (χ0n) is 13.1. The number of nitrogens with zero attached hydrogens (tertiary/aromatic N) is 1. The number of para-hydroxylation sites is 1. The fourth-order valence-corrected chi connectivity index (χ4v) is 2.80. The number of nitrogens with two attached hydrogens (primary N) is 1. The van der Waals surface area contributed by atoms with Crippen molar-refractivity contribution in [1.29, 1.82) is 0 Å². The molecule has 112 valence electrons. The fraction of sp³-hybridized carbons (Fsp3) is 0.625. The minimum atomic E-state index is -0.168. The molecule has 1 aliphatic rings. The molecule has 0 spiro atoms. The molecule has 0 bridgehead atoms. The lowest BCUT2D eigenvalue weighted by Crippen LogP contribution is -2.52. The minimum Gasteiger partial charge on any atom is -0.489 e. The van der Waals surface area contributed by atoms with Gasteiger partial charge in [-0.3, -0.25) is 0 Å². The molecule has 0 aromatic heterocycles. The van der Waals surface area contributed by atoms with Gasteiger partial charge in [0.05, 0.1) is 29.2 Å². The molecule has 0 aliphatic carbocycles. The van der Waals surface area contributed by atoms with Crippen LogP contribution >= 0.6 is 0 Å². The molecule has 1 fully saturated rings. The van der Waals surface area contributed by atoms with Crippen molar-refractivity contribution in [2.75, 3.05) is 23.7 Å². The molecule has 1 atom stereocenters. The van der Waals surface area contributed by atoms with Crippen LogP contribution < -0.4 is 15.4 Å². The molecule has 1 aliphatic heterocycles. The van der Waals surface area contributed by atoms with Gasteiger partial charge in [0.15, 0.2) is 0 Å². The standard InChI is InChI=1S/C16H26N2O2/c1-11(2)19-14-8-6-7-13(15(14)17)18-9-12(3)20-16(4,5)10-18/h6-8,11-12H,9-10,17H2,1-5H3. The third-order valence-electron chi connectivity index (χ3n) is 3.32. The van der Waals surface area contributed by atoms with E-state index < -0.39 is 0 Å². The molecule has 1 aromatic rings. The van der Waals surface area contributed by atoms with Gasteiger partial charge in [-0.1, -0.05) is 6.07 Å². The highest BCUT2D eigenvalue weighted by Gasteiger charge is 2.32. The number of hydrogen-bond acceptors (Lipinski definition) is 4. The van der Waals surface area contributed by atoms with Gasteiger partial charge in [0.2, 0.25) is 0 Å². The van der Waals surface area contributed by atoms with E-state index in [1.807, 2.05) is 26.0 Å². The molecule has 1 unspecified atom stereocenters. The van der Waals surface area contributed by atoms with Crippen molar-refractivity contribution >= 4 is 11.4 Å². The van der Waals surface area contributed by atoms with E-state index in [2.05, 4.69) is 31.7 Å². The van der Waals surface area contributed by atoms with E-state index in [1.165, 1.54) is 0 Å². The van der Waals surface area contributed by atoms with Crippen LogP contribution in [0.1, 0.15) is 34.6 Å². The van der Waals surface area contributed by atoms with Crippen LogP contribution in [0.15, 0.2) is 18.2 Å². The molecule has 0 amide bonds. The molecule has 4 nitrogen and oxygen atoms in total. The van der Waals surface area contributed by atoms with Crippen LogP contribution in [0.5, 0.6) is 5.75 Å². The summed E-state index contributed by atoms with van der Waals surface area (Å²) < 4.78 is 11.7. The Kier molecular flexibility index (Phi) is 4.14. The Morgan fingerprint density at radius 3 is 2.70 bits per heavy atom. The van der Waals surface area contributed by atoms with E-state index in [-0.39, 0.29) is 17.8 Å². The fourth-order valence-electron chi connectivity index (χ4n) is 2.80. The van der Waals surface area contributed by atoms with Gasteiger partial charge >= 0.3 is 0 Å². The molecule has 1 aromatic carbocycles. The van der Waals surface area contributed by atoms with Crippen molar-refractivity contribution in [2.24, 2.45) is 0 Å². The topological polar surface area (TPSA) is 47.7 Å². The van der Waals surface area contributed by atoms with Crippen molar-refractivity contribution in [3.05, 3.63) is 18.2 Å². The number of benzene rings is 1. The maximum atomic E-state index is 6.29. The van der Waals surface area contributed by atoms with Crippen LogP contribution in [-0.4, -0.2) is 30.9 Å². The van der Waals surface area contributed by atoms with Crippen molar-refractivity contribution < 1.29 is 9.47 Å². The van der Waals surface area contributed by atoms with Crippen molar-refractivity contribution in [2.45, 2.75) is 52.4 Å². The van der Waals surface area contributed by atoms with Gasteiger partial charge in [-0.15, -0.1) is 0 Å². The molecule has 0 radical (unpaired) electrons. The molecule has 0 saturated carbocycles. The number of anilines is 2. The highest BCUT2D eigenvalue weighted by atomic mass is 16.5. The normalized spacial score (nSPS) is 22.1. The summed E-state index contributed by atoms with van der Waals surface area (Å²) in [4.78, 5) is 2.29. The Labute approximate surface area is 121 Å². The van der Waals surface area contributed by atoms with Crippen LogP contribution in [0, 0.1) is 0 Å². The minimum absolute atomic E-state index is 0.118. The van der Waals surface area contributed by atoms with E-state index in [0.717, 1.165) is 24.5 Å². The molecule has 2 N–H and O–H groups in total. The SMILES string of the molecule is CC(C)Oc1cccc(N2CC(C)OC(C)(C)C2)c1N. The van der Waals surface area contributed by atoms with Crippen LogP contribution in [0.2, 0.25) is 0 Å². The average Bonchev–Trinajstić information content (AvgIpc) is 2.28. The Morgan fingerprint density at radius 1 is 1.40 bits per heavy atom. The van der Waals surface area contributed by atoms with E-state index in [4.69, 9.17) is 15.2 Å². The number of hydrogen-bond donors (Lipinski definition) is 1. The number of rotatable bonds is 3. The number of morpholine rings is 1. The summed E-state index contributed by atoms with van der Waals surface area (Å²) >= 11 is 0. The Bertz CT molecular complexity index is 472. The Morgan fingerprint density at radius 2 is 2.10 bits per heavy atom. The van der Waals surface area contributed by atoms with Gasteiger partial charge in [-0.2, -0.15) is 0 Å². The second kappa shape index (κ2) is 5.52. The lowest BCUT2D eigenvalue weighted by atomic mass is 10.0. The van der Waals surface area contributed by atoms with E-state index in [9.17, 15) is 0 Å². The molecule has 4 heteroatoms. The summed E-state index contributed by atoms with van der Waals surface area (Å²) in [6.45, 7) is 12.0. The predicted molar refractivity (Wildman–Crippen MR) is 83.5 cm³/mol. The predicted octanol–water partition coefficient (Wildman–Crippen LogP) is 3.06. The monoisotopic (exact) mass is 278 g/mol. The van der Waals surface area contributed by atoms with Gasteiger partial charge < -0.3 is 20.1 Å². The molecule has 20 heavy (non-hydrogen) atoms. The largest absolute Gasteiger partial charge is 0.489 e. The highest BCUT2D eigenvalue weighted by molar-refractivity contribution is 5.74. The van der Waals surface area contributed by atoms with E-state index >= 15 is 0 Å². The Balaban J connectivity index is 2.28. The summed E-state index contributed by atoms with van der Waals surface area (Å²) in [6.07, 6.45) is 0.306. The van der Waals surface area contributed by atoms with Gasteiger partial charge in [0.25, 0.3) is 0 Å². The first-order chi connectivity index (χ1) is 9.28. The lowest BCUT2D eigenvalue weighted by Gasteiger charge is -2.43. The molecular formula is C16H26N2O2. The van der Waals surface area contributed by atoms with Crippen molar-refractivity contribution in [1.82, 2.24) is 0 Å². The summed E-state index contributed by atoms with van der Waals surface area (Å²) in [5.41, 5.74) is 7.87. The smallest absolute Gasteiger partial charge is 0.144 e. The number of ether oxygens (including phenoxy) is 2. The first-order valence-corrected chi connectivity index (χ1v) is 7.26. The first-order valence-electron chi connectivity index (χ1n) is 7.26. The summed E-state index contributed by atoms with van der Waals surface area (Å²) in [7, 11) is 0. The van der Waals surface area contributed by atoms with Crippen LogP contribution in [0.25, 0.3) is 0 Å². The van der Waals surface area contributed by atoms with Crippen LogP contribution in [0.4, 0.5) is 11.4 Å². The second-order valence-corrected chi connectivity index (χ2v) is 6.42. The van der Waals surface area contributed by atoms with Gasteiger partial charge in [-0.25, -0.2) is 0 Å².